The van der Waals surface area contributed by atoms with Gasteiger partial charge in [-0.05, 0) is 54.8 Å². The molecule has 1 amide bonds. The molecule has 122 valence electrons. The van der Waals surface area contributed by atoms with E-state index in [4.69, 9.17) is 9.47 Å². The minimum Gasteiger partial charge on any atom is -0.496 e. The van der Waals surface area contributed by atoms with Gasteiger partial charge in [0.05, 0.1) is 14.2 Å². The fourth-order valence-electron chi connectivity index (χ4n) is 2.35. The van der Waals surface area contributed by atoms with Crippen LogP contribution in [-0.2, 0) is 6.42 Å². The van der Waals surface area contributed by atoms with Crippen molar-refractivity contribution in [1.29, 1.82) is 0 Å². The monoisotopic (exact) mass is 317 g/mol. The van der Waals surface area contributed by atoms with Crippen molar-refractivity contribution in [2.24, 2.45) is 0 Å². The highest BCUT2D eigenvalue weighted by atomic mass is 19.1. The topological polar surface area (TPSA) is 47.6 Å². The Labute approximate surface area is 135 Å². The van der Waals surface area contributed by atoms with Crippen LogP contribution in [0.1, 0.15) is 21.5 Å². The summed E-state index contributed by atoms with van der Waals surface area (Å²) in [6, 6.07) is 9.42. The van der Waals surface area contributed by atoms with Crippen molar-refractivity contribution in [3.05, 3.63) is 58.9 Å². The van der Waals surface area contributed by atoms with Crippen LogP contribution in [0.25, 0.3) is 0 Å². The van der Waals surface area contributed by atoms with E-state index in [0.717, 1.165) is 22.6 Å². The Morgan fingerprint density at radius 2 is 1.87 bits per heavy atom. The molecular weight excluding hydrogens is 297 g/mol. The molecule has 2 rings (SSSR count). The summed E-state index contributed by atoms with van der Waals surface area (Å²) < 4.78 is 23.8. The highest BCUT2D eigenvalue weighted by Gasteiger charge is 2.10. The van der Waals surface area contributed by atoms with E-state index in [1.54, 1.807) is 20.3 Å². The van der Waals surface area contributed by atoms with Gasteiger partial charge in [-0.25, -0.2) is 4.39 Å². The predicted octanol–water partition coefficient (Wildman–Crippen LogP) is 3.12. The van der Waals surface area contributed by atoms with E-state index in [0.29, 0.717) is 18.5 Å². The molecule has 4 nitrogen and oxygen atoms in total. The fourth-order valence-corrected chi connectivity index (χ4v) is 2.35. The molecule has 1 N–H and O–H groups in total. The Morgan fingerprint density at radius 3 is 2.52 bits per heavy atom. The lowest BCUT2D eigenvalue weighted by Crippen LogP contribution is -2.25. The molecule has 0 atom stereocenters. The van der Waals surface area contributed by atoms with E-state index in [1.165, 1.54) is 18.2 Å². The summed E-state index contributed by atoms with van der Waals surface area (Å²) in [5, 5.41) is 2.78. The van der Waals surface area contributed by atoms with Crippen LogP contribution in [-0.4, -0.2) is 26.7 Å². The van der Waals surface area contributed by atoms with Gasteiger partial charge in [0.2, 0.25) is 0 Å². The maximum absolute atomic E-state index is 13.1. The zero-order valence-electron chi connectivity index (χ0n) is 13.5. The smallest absolute Gasteiger partial charge is 0.251 e. The average Bonchev–Trinajstić information content (AvgIpc) is 2.55. The second kappa shape index (κ2) is 7.63. The predicted molar refractivity (Wildman–Crippen MR) is 86.7 cm³/mol. The number of methoxy groups -OCH3 is 2. The Morgan fingerprint density at radius 1 is 1.13 bits per heavy atom. The van der Waals surface area contributed by atoms with Gasteiger partial charge in [-0.1, -0.05) is 6.07 Å². The summed E-state index contributed by atoms with van der Waals surface area (Å²) in [6.45, 7) is 2.36. The number of carbonyl (C=O) groups is 1. The van der Waals surface area contributed by atoms with E-state index < -0.39 is 5.82 Å². The number of carbonyl (C=O) groups excluding carboxylic acids is 1. The molecule has 0 saturated heterocycles. The molecule has 0 aliphatic carbocycles. The molecule has 23 heavy (non-hydrogen) atoms. The highest BCUT2D eigenvalue weighted by Crippen LogP contribution is 2.28. The lowest BCUT2D eigenvalue weighted by molar-refractivity contribution is 0.0953. The van der Waals surface area contributed by atoms with Crippen molar-refractivity contribution in [2.75, 3.05) is 20.8 Å². The van der Waals surface area contributed by atoms with Crippen LogP contribution in [0.4, 0.5) is 4.39 Å². The molecule has 2 aromatic carbocycles. The molecule has 0 radical (unpaired) electrons. The number of ether oxygens (including phenoxy) is 2. The largest absolute Gasteiger partial charge is 0.496 e. The summed E-state index contributed by atoms with van der Waals surface area (Å²) in [5.41, 5.74) is 2.23. The molecule has 0 aliphatic heterocycles. The van der Waals surface area contributed by atoms with Crippen LogP contribution in [0, 0.1) is 12.7 Å². The molecule has 0 aromatic heterocycles. The van der Waals surface area contributed by atoms with Crippen LogP contribution in [0.15, 0.2) is 36.4 Å². The summed E-state index contributed by atoms with van der Waals surface area (Å²) >= 11 is 0. The second-order valence-corrected chi connectivity index (χ2v) is 5.15. The third-order valence-corrected chi connectivity index (χ3v) is 3.56. The van der Waals surface area contributed by atoms with Crippen molar-refractivity contribution in [2.45, 2.75) is 13.3 Å². The van der Waals surface area contributed by atoms with E-state index in [2.05, 4.69) is 5.32 Å². The highest BCUT2D eigenvalue weighted by molar-refractivity contribution is 5.94. The first-order valence-corrected chi connectivity index (χ1v) is 7.30. The molecule has 0 aliphatic rings. The summed E-state index contributed by atoms with van der Waals surface area (Å²) in [6.07, 6.45) is 0.584. The molecule has 0 fully saturated rings. The molecule has 0 heterocycles. The first kappa shape index (κ1) is 16.8. The van der Waals surface area contributed by atoms with Gasteiger partial charge >= 0.3 is 0 Å². The molecule has 0 saturated carbocycles. The van der Waals surface area contributed by atoms with Gasteiger partial charge < -0.3 is 14.8 Å². The number of hydrogen-bond donors (Lipinski definition) is 1. The third kappa shape index (κ3) is 4.22. The van der Waals surface area contributed by atoms with Crippen molar-refractivity contribution in [1.82, 2.24) is 5.32 Å². The standard InChI is InChI=1S/C18H20FNO3/c1-12-9-17(23-3)13(11-16(12)22-2)7-8-20-18(21)14-5-4-6-15(19)10-14/h4-6,9-11H,7-8H2,1-3H3,(H,20,21). The van der Waals surface area contributed by atoms with Crippen molar-refractivity contribution in [3.63, 3.8) is 0 Å². The van der Waals surface area contributed by atoms with Gasteiger partial charge in [-0.3, -0.25) is 4.79 Å². The summed E-state index contributed by atoms with van der Waals surface area (Å²) in [7, 11) is 3.22. The number of benzene rings is 2. The number of amides is 1. The van der Waals surface area contributed by atoms with Crippen LogP contribution < -0.4 is 14.8 Å². The second-order valence-electron chi connectivity index (χ2n) is 5.15. The normalized spacial score (nSPS) is 10.3. The summed E-state index contributed by atoms with van der Waals surface area (Å²) in [4.78, 5) is 12.0. The fraction of sp³-hybridized carbons (Fsp3) is 0.278. The van der Waals surface area contributed by atoms with Crippen LogP contribution in [0.5, 0.6) is 11.5 Å². The molecule has 0 unspecified atom stereocenters. The Hall–Kier alpha value is -2.56. The zero-order chi connectivity index (χ0) is 16.8. The van der Waals surface area contributed by atoms with Crippen molar-refractivity contribution >= 4 is 5.91 Å². The Balaban J connectivity index is 2.02. The van der Waals surface area contributed by atoms with Gasteiger partial charge in [0.25, 0.3) is 5.91 Å². The van der Waals surface area contributed by atoms with Gasteiger partial charge in [-0.2, -0.15) is 0 Å². The van der Waals surface area contributed by atoms with Gasteiger partial charge in [0, 0.05) is 12.1 Å². The first-order valence-electron chi connectivity index (χ1n) is 7.30. The molecule has 5 heteroatoms. The number of rotatable bonds is 6. The summed E-state index contributed by atoms with van der Waals surface area (Å²) in [5.74, 6) is 0.797. The lowest BCUT2D eigenvalue weighted by Gasteiger charge is -2.13. The number of halogens is 1. The van der Waals surface area contributed by atoms with Crippen LogP contribution in [0.3, 0.4) is 0 Å². The van der Waals surface area contributed by atoms with E-state index in [9.17, 15) is 9.18 Å². The maximum atomic E-state index is 13.1. The zero-order valence-corrected chi connectivity index (χ0v) is 13.5. The van der Waals surface area contributed by atoms with E-state index in [-0.39, 0.29) is 5.91 Å². The first-order chi connectivity index (χ1) is 11.0. The quantitative estimate of drug-likeness (QED) is 0.890. The Bertz CT molecular complexity index is 701. The van der Waals surface area contributed by atoms with E-state index >= 15 is 0 Å². The van der Waals surface area contributed by atoms with Gasteiger partial charge in [0.15, 0.2) is 0 Å². The number of hydrogen-bond acceptors (Lipinski definition) is 3. The minimum atomic E-state index is -0.428. The van der Waals surface area contributed by atoms with Crippen LogP contribution in [0.2, 0.25) is 0 Å². The Kier molecular flexibility index (Phi) is 5.57. The average molecular weight is 317 g/mol. The number of aryl methyl sites for hydroxylation is 1. The SMILES string of the molecule is COc1cc(CCNC(=O)c2cccc(F)c2)c(OC)cc1C. The van der Waals surface area contributed by atoms with Gasteiger partial charge in [0.1, 0.15) is 17.3 Å². The lowest BCUT2D eigenvalue weighted by atomic mass is 10.1. The van der Waals surface area contributed by atoms with Gasteiger partial charge in [-0.15, -0.1) is 0 Å². The molecule has 2 aromatic rings. The van der Waals surface area contributed by atoms with Crippen molar-refractivity contribution < 1.29 is 18.7 Å². The number of nitrogens with one attached hydrogen (secondary N) is 1. The molecular formula is C18H20FNO3. The molecule has 0 bridgehead atoms. The van der Waals surface area contributed by atoms with E-state index in [1.807, 2.05) is 19.1 Å². The maximum Gasteiger partial charge on any atom is 0.251 e. The van der Waals surface area contributed by atoms with Crippen molar-refractivity contribution in [3.8, 4) is 11.5 Å². The molecule has 0 spiro atoms. The third-order valence-electron chi connectivity index (χ3n) is 3.56. The van der Waals surface area contributed by atoms with Crippen LogP contribution >= 0.6 is 0 Å². The minimum absolute atomic E-state index is 0.303.